The van der Waals surface area contributed by atoms with Crippen molar-refractivity contribution in [3.63, 3.8) is 0 Å². The number of benzene rings is 2. The lowest BCUT2D eigenvalue weighted by molar-refractivity contribution is 0.0697. The summed E-state index contributed by atoms with van der Waals surface area (Å²) in [6.07, 6.45) is 2.04. The van der Waals surface area contributed by atoms with E-state index in [9.17, 15) is 9.59 Å². The SMILES string of the molecule is CC1CCN(C(=O)c2cc(NC(=O)c3ccccc3Cl)ccc2N(C)C)CC1. The highest BCUT2D eigenvalue weighted by molar-refractivity contribution is 6.34. The Balaban J connectivity index is 1.86. The number of carbonyl (C=O) groups excluding carboxylic acids is 2. The standard InChI is InChI=1S/C22H26ClN3O2/c1-15-10-12-26(13-11-15)22(28)18-14-16(8-9-20(18)25(2)3)24-21(27)17-6-4-5-7-19(17)23/h4-9,14-15H,10-13H2,1-3H3,(H,24,27). The summed E-state index contributed by atoms with van der Waals surface area (Å²) in [6.45, 7) is 3.75. The van der Waals surface area contributed by atoms with Crippen molar-refractivity contribution in [2.45, 2.75) is 19.8 Å². The first-order chi connectivity index (χ1) is 13.4. The molecule has 0 aromatic heterocycles. The van der Waals surface area contributed by atoms with Crippen LogP contribution < -0.4 is 10.2 Å². The Kier molecular flexibility index (Phi) is 6.25. The normalized spacial score (nSPS) is 14.6. The van der Waals surface area contributed by atoms with Crippen LogP contribution in [0.4, 0.5) is 11.4 Å². The van der Waals surface area contributed by atoms with Crippen LogP contribution in [0, 0.1) is 5.92 Å². The van der Waals surface area contributed by atoms with Gasteiger partial charge in [0.05, 0.1) is 16.1 Å². The first-order valence-electron chi connectivity index (χ1n) is 9.53. The molecule has 2 amide bonds. The third-order valence-corrected chi connectivity index (χ3v) is 5.49. The molecule has 0 unspecified atom stereocenters. The van der Waals surface area contributed by atoms with Crippen molar-refractivity contribution in [2.75, 3.05) is 37.4 Å². The number of likely N-dealkylation sites (tertiary alicyclic amines) is 1. The van der Waals surface area contributed by atoms with Crippen LogP contribution in [0.1, 0.15) is 40.5 Å². The number of hydrogen-bond donors (Lipinski definition) is 1. The number of amides is 2. The van der Waals surface area contributed by atoms with Gasteiger partial charge in [0, 0.05) is 38.6 Å². The lowest BCUT2D eigenvalue weighted by Gasteiger charge is -2.31. The van der Waals surface area contributed by atoms with Gasteiger partial charge in [-0.1, -0.05) is 30.7 Å². The Morgan fingerprint density at radius 1 is 1.07 bits per heavy atom. The molecule has 2 aromatic carbocycles. The minimum atomic E-state index is -0.298. The number of nitrogens with one attached hydrogen (secondary N) is 1. The number of anilines is 2. The molecule has 148 valence electrons. The van der Waals surface area contributed by atoms with Crippen LogP contribution in [0.5, 0.6) is 0 Å². The fraction of sp³-hybridized carbons (Fsp3) is 0.364. The second-order valence-corrected chi connectivity index (χ2v) is 7.94. The Morgan fingerprint density at radius 3 is 2.39 bits per heavy atom. The van der Waals surface area contributed by atoms with Crippen molar-refractivity contribution in [1.29, 1.82) is 0 Å². The molecule has 5 nitrogen and oxygen atoms in total. The van der Waals surface area contributed by atoms with Crippen molar-refractivity contribution < 1.29 is 9.59 Å². The van der Waals surface area contributed by atoms with Crippen LogP contribution in [0.15, 0.2) is 42.5 Å². The molecule has 0 atom stereocenters. The first kappa shape index (κ1) is 20.2. The predicted octanol–water partition coefficient (Wildman–Crippen LogP) is 4.53. The maximum atomic E-state index is 13.2. The molecule has 6 heteroatoms. The van der Waals surface area contributed by atoms with E-state index in [1.807, 2.05) is 30.0 Å². The van der Waals surface area contributed by atoms with Gasteiger partial charge in [0.15, 0.2) is 0 Å². The summed E-state index contributed by atoms with van der Waals surface area (Å²) >= 11 is 6.12. The van der Waals surface area contributed by atoms with Crippen molar-refractivity contribution >= 4 is 34.8 Å². The number of rotatable bonds is 4. The van der Waals surface area contributed by atoms with Gasteiger partial charge in [-0.05, 0) is 49.1 Å². The summed E-state index contributed by atoms with van der Waals surface area (Å²) in [5, 5.41) is 3.25. The molecule has 0 aliphatic carbocycles. The van der Waals surface area contributed by atoms with Gasteiger partial charge in [-0.15, -0.1) is 0 Å². The van der Waals surface area contributed by atoms with E-state index in [0.717, 1.165) is 31.6 Å². The third-order valence-electron chi connectivity index (χ3n) is 5.16. The Hall–Kier alpha value is -2.53. The minimum absolute atomic E-state index is 0.00411. The highest BCUT2D eigenvalue weighted by Crippen LogP contribution is 2.27. The van der Waals surface area contributed by atoms with Crippen LogP contribution in [0.2, 0.25) is 5.02 Å². The fourth-order valence-electron chi connectivity index (χ4n) is 3.40. The van der Waals surface area contributed by atoms with E-state index in [2.05, 4.69) is 12.2 Å². The highest BCUT2D eigenvalue weighted by Gasteiger charge is 2.24. The second kappa shape index (κ2) is 8.65. The van der Waals surface area contributed by atoms with E-state index < -0.39 is 0 Å². The fourth-order valence-corrected chi connectivity index (χ4v) is 3.62. The van der Waals surface area contributed by atoms with Crippen LogP contribution in [-0.2, 0) is 0 Å². The summed E-state index contributed by atoms with van der Waals surface area (Å²) in [5.41, 5.74) is 2.40. The van der Waals surface area contributed by atoms with E-state index in [-0.39, 0.29) is 11.8 Å². The zero-order valence-electron chi connectivity index (χ0n) is 16.5. The van der Waals surface area contributed by atoms with Crippen molar-refractivity contribution in [3.05, 3.63) is 58.6 Å². The molecule has 1 saturated heterocycles. The van der Waals surface area contributed by atoms with Crippen molar-refractivity contribution in [2.24, 2.45) is 5.92 Å². The molecule has 1 N–H and O–H groups in total. The van der Waals surface area contributed by atoms with Crippen molar-refractivity contribution in [3.8, 4) is 0 Å². The summed E-state index contributed by atoms with van der Waals surface area (Å²) in [4.78, 5) is 29.6. The number of halogens is 1. The Labute approximate surface area is 171 Å². The smallest absolute Gasteiger partial charge is 0.257 e. The van der Waals surface area contributed by atoms with Crippen LogP contribution >= 0.6 is 11.6 Å². The monoisotopic (exact) mass is 399 g/mol. The van der Waals surface area contributed by atoms with Gasteiger partial charge in [0.2, 0.25) is 0 Å². The Morgan fingerprint density at radius 2 is 1.75 bits per heavy atom. The van der Waals surface area contributed by atoms with Gasteiger partial charge in [-0.25, -0.2) is 0 Å². The van der Waals surface area contributed by atoms with E-state index >= 15 is 0 Å². The number of carbonyl (C=O) groups is 2. The van der Waals surface area contributed by atoms with Gasteiger partial charge in [0.1, 0.15) is 0 Å². The third kappa shape index (κ3) is 4.47. The molecular formula is C22H26ClN3O2. The lowest BCUT2D eigenvalue weighted by atomic mass is 9.98. The molecule has 0 radical (unpaired) electrons. The summed E-state index contributed by atoms with van der Waals surface area (Å²) in [6, 6.07) is 12.3. The first-order valence-corrected chi connectivity index (χ1v) is 9.91. The molecular weight excluding hydrogens is 374 g/mol. The van der Waals surface area contributed by atoms with Gasteiger partial charge < -0.3 is 15.1 Å². The maximum absolute atomic E-state index is 13.2. The minimum Gasteiger partial charge on any atom is -0.377 e. The van der Waals surface area contributed by atoms with Crippen LogP contribution in [0.25, 0.3) is 0 Å². The molecule has 28 heavy (non-hydrogen) atoms. The molecule has 1 aliphatic heterocycles. The van der Waals surface area contributed by atoms with Crippen LogP contribution in [-0.4, -0.2) is 43.9 Å². The average Bonchev–Trinajstić information content (AvgIpc) is 2.68. The van der Waals surface area contributed by atoms with Gasteiger partial charge >= 0.3 is 0 Å². The summed E-state index contributed by atoms with van der Waals surface area (Å²) < 4.78 is 0. The van der Waals surface area contributed by atoms with Gasteiger partial charge in [-0.3, -0.25) is 9.59 Å². The Bertz CT molecular complexity index is 874. The molecule has 1 aliphatic rings. The average molecular weight is 400 g/mol. The largest absolute Gasteiger partial charge is 0.377 e. The van der Waals surface area contributed by atoms with Gasteiger partial charge in [-0.2, -0.15) is 0 Å². The number of hydrogen-bond acceptors (Lipinski definition) is 3. The predicted molar refractivity (Wildman–Crippen MR) is 114 cm³/mol. The maximum Gasteiger partial charge on any atom is 0.257 e. The molecule has 0 saturated carbocycles. The van der Waals surface area contributed by atoms with Gasteiger partial charge in [0.25, 0.3) is 11.8 Å². The lowest BCUT2D eigenvalue weighted by Crippen LogP contribution is -2.38. The van der Waals surface area contributed by atoms with E-state index in [1.54, 1.807) is 36.4 Å². The van der Waals surface area contributed by atoms with E-state index in [0.29, 0.717) is 27.8 Å². The number of piperidine rings is 1. The molecule has 1 heterocycles. The zero-order chi connectivity index (χ0) is 20.3. The van der Waals surface area contributed by atoms with Crippen LogP contribution in [0.3, 0.4) is 0 Å². The quantitative estimate of drug-likeness (QED) is 0.821. The highest BCUT2D eigenvalue weighted by atomic mass is 35.5. The second-order valence-electron chi connectivity index (χ2n) is 7.54. The van der Waals surface area contributed by atoms with Crippen molar-refractivity contribution in [1.82, 2.24) is 4.90 Å². The number of nitrogens with zero attached hydrogens (tertiary/aromatic N) is 2. The van der Waals surface area contributed by atoms with E-state index in [1.165, 1.54) is 0 Å². The summed E-state index contributed by atoms with van der Waals surface area (Å²) in [7, 11) is 3.82. The molecule has 3 rings (SSSR count). The molecule has 0 bridgehead atoms. The zero-order valence-corrected chi connectivity index (χ0v) is 17.3. The van der Waals surface area contributed by atoms with E-state index in [4.69, 9.17) is 11.6 Å². The molecule has 2 aromatic rings. The molecule has 1 fully saturated rings. The molecule has 0 spiro atoms. The summed E-state index contributed by atoms with van der Waals surface area (Å²) in [5.74, 6) is 0.358. The topological polar surface area (TPSA) is 52.7 Å².